The Bertz CT molecular complexity index is 579. The van der Waals surface area contributed by atoms with Crippen molar-refractivity contribution in [1.29, 1.82) is 0 Å². The van der Waals surface area contributed by atoms with E-state index in [-0.39, 0.29) is 28.8 Å². The number of aliphatic hydroxyl groups is 1. The van der Waals surface area contributed by atoms with Gasteiger partial charge in [0, 0.05) is 19.3 Å². The molecule has 0 aliphatic carbocycles. The first-order chi connectivity index (χ1) is 8.72. The van der Waals surface area contributed by atoms with Crippen LogP contribution in [0.25, 0.3) is 0 Å². The third-order valence-corrected chi connectivity index (χ3v) is 5.45. The fraction of sp³-hybridized carbons (Fsp3) is 0.545. The van der Waals surface area contributed by atoms with Crippen molar-refractivity contribution in [3.63, 3.8) is 0 Å². The summed E-state index contributed by atoms with van der Waals surface area (Å²) in [7, 11) is -3.63. The third-order valence-electron chi connectivity index (χ3n) is 3.28. The van der Waals surface area contributed by atoms with Gasteiger partial charge in [-0.05, 0) is 25.8 Å². The second-order valence-corrected chi connectivity index (χ2v) is 7.28. The van der Waals surface area contributed by atoms with Crippen molar-refractivity contribution in [2.75, 3.05) is 18.8 Å². The summed E-state index contributed by atoms with van der Waals surface area (Å²) in [6.45, 7) is 2.26. The van der Waals surface area contributed by atoms with Crippen LogP contribution in [0.4, 0.5) is 5.82 Å². The Morgan fingerprint density at radius 1 is 1.47 bits per heavy atom. The zero-order valence-corrected chi connectivity index (χ0v) is 12.1. The summed E-state index contributed by atoms with van der Waals surface area (Å²) in [6, 6.07) is 1.30. The zero-order chi connectivity index (χ0) is 14.3. The molecular weight excluding hydrogens is 290 g/mol. The lowest BCUT2D eigenvalue weighted by Crippen LogP contribution is -2.45. The van der Waals surface area contributed by atoms with Crippen LogP contribution in [0.5, 0.6) is 0 Å². The van der Waals surface area contributed by atoms with Gasteiger partial charge in [-0.3, -0.25) is 0 Å². The van der Waals surface area contributed by atoms with E-state index < -0.39 is 15.6 Å². The number of nitrogens with zero attached hydrogens (tertiary/aromatic N) is 2. The Hall–Kier alpha value is -0.890. The predicted molar refractivity (Wildman–Crippen MR) is 72.3 cm³/mol. The number of nitrogens with two attached hydrogens (primary N) is 1. The van der Waals surface area contributed by atoms with Crippen molar-refractivity contribution >= 4 is 27.4 Å². The summed E-state index contributed by atoms with van der Waals surface area (Å²) in [6.07, 6.45) is 2.01. The number of pyridine rings is 1. The van der Waals surface area contributed by atoms with Gasteiger partial charge in [0.05, 0.1) is 10.6 Å². The van der Waals surface area contributed by atoms with Crippen LogP contribution in [0.1, 0.15) is 19.8 Å². The Balaban J connectivity index is 2.25. The number of piperidine rings is 1. The van der Waals surface area contributed by atoms with E-state index in [1.54, 1.807) is 6.92 Å². The lowest BCUT2D eigenvalue weighted by Gasteiger charge is -2.34. The van der Waals surface area contributed by atoms with Gasteiger partial charge in [-0.15, -0.1) is 0 Å². The molecule has 0 radical (unpaired) electrons. The summed E-state index contributed by atoms with van der Waals surface area (Å²) in [5, 5.41) is 9.95. The summed E-state index contributed by atoms with van der Waals surface area (Å²) in [5.41, 5.74) is 4.66. The minimum Gasteiger partial charge on any atom is -0.390 e. The van der Waals surface area contributed by atoms with Crippen LogP contribution in [0.2, 0.25) is 5.02 Å². The van der Waals surface area contributed by atoms with Gasteiger partial charge in [0.15, 0.2) is 0 Å². The molecule has 1 aromatic heterocycles. The molecule has 0 aromatic carbocycles. The molecule has 1 aromatic rings. The maximum absolute atomic E-state index is 12.4. The van der Waals surface area contributed by atoms with Gasteiger partial charge in [0.25, 0.3) is 0 Å². The zero-order valence-electron chi connectivity index (χ0n) is 10.5. The minimum atomic E-state index is -3.63. The van der Waals surface area contributed by atoms with Gasteiger partial charge < -0.3 is 10.8 Å². The fourth-order valence-electron chi connectivity index (χ4n) is 1.93. The van der Waals surface area contributed by atoms with E-state index in [0.717, 1.165) is 0 Å². The number of sulfonamides is 1. The average Bonchev–Trinajstić information content (AvgIpc) is 2.32. The van der Waals surface area contributed by atoms with E-state index in [4.69, 9.17) is 17.3 Å². The molecule has 0 bridgehead atoms. The summed E-state index contributed by atoms with van der Waals surface area (Å²) in [4.78, 5) is 3.78. The molecule has 19 heavy (non-hydrogen) atoms. The molecule has 3 N–H and O–H groups in total. The third kappa shape index (κ3) is 3.00. The highest BCUT2D eigenvalue weighted by molar-refractivity contribution is 7.89. The van der Waals surface area contributed by atoms with Crippen LogP contribution in [-0.4, -0.2) is 41.5 Å². The largest absolute Gasteiger partial charge is 0.390 e. The number of aromatic nitrogens is 1. The molecule has 1 aliphatic rings. The molecule has 0 atom stereocenters. The van der Waals surface area contributed by atoms with Gasteiger partial charge in [-0.1, -0.05) is 11.6 Å². The van der Waals surface area contributed by atoms with Crippen molar-refractivity contribution < 1.29 is 13.5 Å². The van der Waals surface area contributed by atoms with E-state index in [1.807, 2.05) is 0 Å². The predicted octanol–water partition coefficient (Wildman–Crippen LogP) is 0.853. The van der Waals surface area contributed by atoms with E-state index in [2.05, 4.69) is 4.98 Å². The maximum Gasteiger partial charge on any atom is 0.244 e. The molecule has 1 aliphatic heterocycles. The number of rotatable bonds is 2. The molecular formula is C11H16ClN3O3S. The summed E-state index contributed by atoms with van der Waals surface area (Å²) < 4.78 is 26.1. The first-order valence-corrected chi connectivity index (χ1v) is 7.68. The number of hydrogen-bond acceptors (Lipinski definition) is 5. The Morgan fingerprint density at radius 2 is 2.05 bits per heavy atom. The topological polar surface area (TPSA) is 96.5 Å². The fourth-order valence-corrected chi connectivity index (χ4v) is 3.57. The number of hydrogen-bond donors (Lipinski definition) is 2. The molecule has 0 saturated carbocycles. The van der Waals surface area contributed by atoms with Crippen LogP contribution in [0.15, 0.2) is 17.2 Å². The lowest BCUT2D eigenvalue weighted by atomic mass is 9.95. The number of halogens is 1. The Morgan fingerprint density at radius 3 is 2.58 bits per heavy atom. The number of anilines is 1. The smallest absolute Gasteiger partial charge is 0.244 e. The van der Waals surface area contributed by atoms with Crippen molar-refractivity contribution in [3.05, 3.63) is 17.3 Å². The van der Waals surface area contributed by atoms with Crippen LogP contribution < -0.4 is 5.73 Å². The molecule has 1 saturated heterocycles. The molecule has 2 heterocycles. The highest BCUT2D eigenvalue weighted by Crippen LogP contribution is 2.27. The second kappa shape index (κ2) is 4.90. The van der Waals surface area contributed by atoms with Crippen LogP contribution in [0, 0.1) is 0 Å². The minimum absolute atomic E-state index is 0.0215. The highest BCUT2D eigenvalue weighted by Gasteiger charge is 2.34. The standard InChI is InChI=1S/C11H16ClN3O3S/c1-11(16)2-4-15(5-3-11)19(17,18)8-6-9(12)10(13)14-7-8/h6-7,16H,2-5H2,1H3,(H2,13,14). The first-order valence-electron chi connectivity index (χ1n) is 5.86. The quantitative estimate of drug-likeness (QED) is 0.844. The molecule has 8 heteroatoms. The molecule has 6 nitrogen and oxygen atoms in total. The molecule has 0 unspecified atom stereocenters. The maximum atomic E-state index is 12.4. The van der Waals surface area contributed by atoms with E-state index in [9.17, 15) is 13.5 Å². The van der Waals surface area contributed by atoms with E-state index in [1.165, 1.54) is 16.6 Å². The van der Waals surface area contributed by atoms with Crippen molar-refractivity contribution in [3.8, 4) is 0 Å². The Labute approximate surface area is 117 Å². The normalized spacial score (nSPS) is 20.4. The average molecular weight is 306 g/mol. The van der Waals surface area contributed by atoms with Crippen LogP contribution >= 0.6 is 11.6 Å². The molecule has 2 rings (SSSR count). The van der Waals surface area contributed by atoms with Crippen molar-refractivity contribution in [1.82, 2.24) is 9.29 Å². The van der Waals surface area contributed by atoms with E-state index in [0.29, 0.717) is 12.8 Å². The van der Waals surface area contributed by atoms with Gasteiger partial charge in [-0.25, -0.2) is 13.4 Å². The molecule has 0 amide bonds. The van der Waals surface area contributed by atoms with Gasteiger partial charge >= 0.3 is 0 Å². The first kappa shape index (κ1) is 14.5. The van der Waals surface area contributed by atoms with Crippen LogP contribution in [-0.2, 0) is 10.0 Å². The van der Waals surface area contributed by atoms with Crippen molar-refractivity contribution in [2.45, 2.75) is 30.3 Å². The number of nitrogen functional groups attached to an aromatic ring is 1. The second-order valence-electron chi connectivity index (χ2n) is 4.94. The summed E-state index contributed by atoms with van der Waals surface area (Å²) in [5.74, 6) is 0.0993. The summed E-state index contributed by atoms with van der Waals surface area (Å²) >= 11 is 5.79. The molecule has 106 valence electrons. The van der Waals surface area contributed by atoms with Gasteiger partial charge in [0.1, 0.15) is 10.7 Å². The van der Waals surface area contributed by atoms with Gasteiger partial charge in [-0.2, -0.15) is 4.31 Å². The lowest BCUT2D eigenvalue weighted by molar-refractivity contribution is 0.0126. The molecule has 1 fully saturated rings. The van der Waals surface area contributed by atoms with Gasteiger partial charge in [0.2, 0.25) is 10.0 Å². The SMILES string of the molecule is CC1(O)CCN(S(=O)(=O)c2cnc(N)c(Cl)c2)CC1. The van der Waals surface area contributed by atoms with Crippen molar-refractivity contribution in [2.24, 2.45) is 0 Å². The molecule has 0 spiro atoms. The monoisotopic (exact) mass is 305 g/mol. The van der Waals surface area contributed by atoms with E-state index >= 15 is 0 Å². The Kier molecular flexibility index (Phi) is 3.74. The van der Waals surface area contributed by atoms with Crippen LogP contribution in [0.3, 0.4) is 0 Å². The highest BCUT2D eigenvalue weighted by atomic mass is 35.5.